The number of hydrogen-bond donors (Lipinski definition) is 0. The van der Waals surface area contributed by atoms with Gasteiger partial charge in [0, 0.05) is 17.0 Å². The summed E-state index contributed by atoms with van der Waals surface area (Å²) in [5, 5.41) is 4.15. The summed E-state index contributed by atoms with van der Waals surface area (Å²) in [6.45, 7) is 0. The maximum absolute atomic E-state index is 11.4. The number of hydrogen-bond acceptors (Lipinski definition) is 1. The minimum Gasteiger partial charge on any atom is -0.267 e. The molecule has 1 amide bonds. The van der Waals surface area contributed by atoms with Crippen molar-refractivity contribution in [3.63, 3.8) is 0 Å². The number of halogens is 1. The van der Waals surface area contributed by atoms with E-state index in [-0.39, 0.29) is 18.3 Å². The van der Waals surface area contributed by atoms with Gasteiger partial charge in [-0.2, -0.15) is 0 Å². The van der Waals surface area contributed by atoms with Gasteiger partial charge in [-0.15, -0.1) is 12.4 Å². The summed E-state index contributed by atoms with van der Waals surface area (Å²) >= 11 is 0. The van der Waals surface area contributed by atoms with E-state index in [1.54, 1.807) is 0 Å². The standard InChI is InChI=1S/C16H9NO.ClH/c18-15-7-6-10-4-5-13-8-11-2-1-3-12(11)9-14(13)16(10)17-15;/h1-9H;1H. The molecule has 2 aromatic rings. The van der Waals surface area contributed by atoms with E-state index in [0.29, 0.717) is 0 Å². The molecule has 1 heterocycles. The molecule has 92 valence electrons. The Bertz CT molecular complexity index is 891. The molecule has 4 rings (SSSR count). The number of fused-ring (bicyclic) bond motifs is 4. The predicted molar refractivity (Wildman–Crippen MR) is 79.5 cm³/mol. The molecule has 0 radical (unpaired) electrons. The zero-order valence-corrected chi connectivity index (χ0v) is 10.8. The van der Waals surface area contributed by atoms with Crippen LogP contribution in [0.3, 0.4) is 0 Å². The zero-order valence-electron chi connectivity index (χ0n) is 9.96. The number of carbonyl (C=O) groups excluding carboxylic acids is 1. The maximum atomic E-state index is 11.4. The molecule has 0 unspecified atom stereocenters. The molecule has 0 saturated carbocycles. The van der Waals surface area contributed by atoms with Crippen molar-refractivity contribution in [2.24, 2.45) is 4.99 Å². The highest BCUT2D eigenvalue weighted by molar-refractivity contribution is 5.97. The van der Waals surface area contributed by atoms with E-state index in [2.05, 4.69) is 35.3 Å². The highest BCUT2D eigenvalue weighted by atomic mass is 35.5. The molecule has 1 aliphatic carbocycles. The second-order valence-electron chi connectivity index (χ2n) is 4.51. The van der Waals surface area contributed by atoms with Crippen LogP contribution in [0.15, 0.2) is 41.4 Å². The van der Waals surface area contributed by atoms with Crippen molar-refractivity contribution in [1.82, 2.24) is 0 Å². The van der Waals surface area contributed by atoms with E-state index >= 15 is 0 Å². The molecule has 2 nitrogen and oxygen atoms in total. The normalized spacial score (nSPS) is 14.4. The number of nitrogens with zero attached hydrogens (tertiary/aromatic N) is 1. The van der Waals surface area contributed by atoms with Gasteiger partial charge >= 0.3 is 0 Å². The van der Waals surface area contributed by atoms with Gasteiger partial charge in [0.05, 0.1) is 5.36 Å². The van der Waals surface area contributed by atoms with Crippen molar-refractivity contribution in [3.8, 4) is 0 Å². The molecule has 2 aliphatic rings. The number of allylic oxidation sites excluding steroid dienone is 1. The molecule has 0 bridgehead atoms. The largest absolute Gasteiger partial charge is 0.270 e. The summed E-state index contributed by atoms with van der Waals surface area (Å²) in [7, 11) is 0. The molecule has 19 heavy (non-hydrogen) atoms. The SMILES string of the molecule is Cl.O=C1C=Cc2ccc3cc4c(cc3c2=N1)=CC=C4. The van der Waals surface area contributed by atoms with Crippen LogP contribution in [-0.2, 0) is 4.79 Å². The van der Waals surface area contributed by atoms with Crippen molar-refractivity contribution in [3.05, 3.63) is 58.1 Å². The summed E-state index contributed by atoms with van der Waals surface area (Å²) in [6.07, 6.45) is 9.55. The van der Waals surface area contributed by atoms with E-state index in [1.165, 1.54) is 16.9 Å². The van der Waals surface area contributed by atoms with Crippen LogP contribution < -0.4 is 10.6 Å². The van der Waals surface area contributed by atoms with E-state index in [4.69, 9.17) is 0 Å². The molecule has 2 aromatic carbocycles. The minimum atomic E-state index is -0.183. The monoisotopic (exact) mass is 267 g/mol. The van der Waals surface area contributed by atoms with Gasteiger partial charge < -0.3 is 0 Å². The first-order valence-corrected chi connectivity index (χ1v) is 5.87. The third kappa shape index (κ3) is 1.72. The van der Waals surface area contributed by atoms with Gasteiger partial charge in [-0.05, 0) is 34.4 Å². The summed E-state index contributed by atoms with van der Waals surface area (Å²) in [6, 6.07) is 8.35. The summed E-state index contributed by atoms with van der Waals surface area (Å²) < 4.78 is 0. The Morgan fingerprint density at radius 2 is 1.84 bits per heavy atom. The van der Waals surface area contributed by atoms with Crippen LogP contribution in [0.2, 0.25) is 0 Å². The highest BCUT2D eigenvalue weighted by Gasteiger charge is 2.08. The quantitative estimate of drug-likeness (QED) is 0.720. The summed E-state index contributed by atoms with van der Waals surface area (Å²) in [5.74, 6) is -0.183. The highest BCUT2D eigenvalue weighted by Crippen LogP contribution is 2.15. The fourth-order valence-electron chi connectivity index (χ4n) is 2.52. The number of rotatable bonds is 0. The molecule has 0 saturated heterocycles. The number of carbonyl (C=O) groups is 1. The molecule has 1 aliphatic heterocycles. The Morgan fingerprint density at radius 1 is 0.947 bits per heavy atom. The van der Waals surface area contributed by atoms with Gasteiger partial charge in [-0.3, -0.25) is 4.79 Å². The fourth-order valence-corrected chi connectivity index (χ4v) is 2.52. The average Bonchev–Trinajstić information content (AvgIpc) is 2.83. The molecular formula is C16H10ClNO. The predicted octanol–water partition coefficient (Wildman–Crippen LogP) is 2.24. The first-order chi connectivity index (χ1) is 8.81. The fraction of sp³-hybridized carbons (Fsp3) is 0. The van der Waals surface area contributed by atoms with Crippen LogP contribution in [0.1, 0.15) is 11.1 Å². The lowest BCUT2D eigenvalue weighted by molar-refractivity contribution is -0.113. The summed E-state index contributed by atoms with van der Waals surface area (Å²) in [4.78, 5) is 15.6. The van der Waals surface area contributed by atoms with Gasteiger partial charge in [0.1, 0.15) is 0 Å². The van der Waals surface area contributed by atoms with Gasteiger partial charge in [-0.25, -0.2) is 4.99 Å². The second kappa shape index (κ2) is 4.18. The molecule has 0 N–H and O–H groups in total. The molecule has 3 heteroatoms. The second-order valence-corrected chi connectivity index (χ2v) is 4.51. The lowest BCUT2D eigenvalue weighted by Crippen LogP contribution is -2.16. The first-order valence-electron chi connectivity index (χ1n) is 5.87. The van der Waals surface area contributed by atoms with Crippen molar-refractivity contribution in [2.75, 3.05) is 0 Å². The van der Waals surface area contributed by atoms with Gasteiger partial charge in [0.25, 0.3) is 5.91 Å². The third-order valence-electron chi connectivity index (χ3n) is 3.41. The minimum absolute atomic E-state index is 0. The Morgan fingerprint density at radius 3 is 2.74 bits per heavy atom. The van der Waals surface area contributed by atoms with Crippen molar-refractivity contribution in [1.29, 1.82) is 0 Å². The van der Waals surface area contributed by atoms with E-state index < -0.39 is 0 Å². The van der Waals surface area contributed by atoms with Crippen molar-refractivity contribution in [2.45, 2.75) is 0 Å². The Kier molecular flexibility index (Phi) is 2.61. The Labute approximate surface area is 115 Å². The zero-order chi connectivity index (χ0) is 12.1. The molecule has 0 atom stereocenters. The van der Waals surface area contributed by atoms with Crippen molar-refractivity contribution >= 4 is 47.3 Å². The van der Waals surface area contributed by atoms with E-state index in [0.717, 1.165) is 21.7 Å². The lowest BCUT2D eigenvalue weighted by Gasteiger charge is -2.06. The van der Waals surface area contributed by atoms with Crippen LogP contribution in [0.25, 0.3) is 29.0 Å². The first kappa shape index (κ1) is 11.9. The lowest BCUT2D eigenvalue weighted by atomic mass is 10.0. The smallest absolute Gasteiger partial charge is 0.267 e. The Hall–Kier alpha value is -2.19. The number of amides is 1. The van der Waals surface area contributed by atoms with Crippen LogP contribution in [0, 0.1) is 0 Å². The maximum Gasteiger partial charge on any atom is 0.270 e. The molecule has 0 fully saturated rings. The molecular weight excluding hydrogens is 258 g/mol. The van der Waals surface area contributed by atoms with Crippen LogP contribution in [-0.4, -0.2) is 5.91 Å². The van der Waals surface area contributed by atoms with Gasteiger partial charge in [0.15, 0.2) is 0 Å². The average molecular weight is 268 g/mol. The number of benzene rings is 2. The van der Waals surface area contributed by atoms with Crippen LogP contribution in [0.5, 0.6) is 0 Å². The summed E-state index contributed by atoms with van der Waals surface area (Å²) in [5.41, 5.74) is 2.23. The third-order valence-corrected chi connectivity index (χ3v) is 3.41. The van der Waals surface area contributed by atoms with E-state index in [9.17, 15) is 4.79 Å². The molecule has 0 spiro atoms. The topological polar surface area (TPSA) is 29.4 Å². The van der Waals surface area contributed by atoms with Crippen LogP contribution in [0.4, 0.5) is 0 Å². The molecule has 0 aromatic heterocycles. The van der Waals surface area contributed by atoms with Crippen molar-refractivity contribution < 1.29 is 4.79 Å². The van der Waals surface area contributed by atoms with Crippen LogP contribution >= 0.6 is 12.4 Å². The Balaban J connectivity index is 0.00000110. The van der Waals surface area contributed by atoms with E-state index in [1.807, 2.05) is 18.2 Å². The van der Waals surface area contributed by atoms with Gasteiger partial charge in [-0.1, -0.05) is 30.4 Å². The van der Waals surface area contributed by atoms with Gasteiger partial charge in [0.2, 0.25) is 0 Å².